The molecule has 57 heavy (non-hydrogen) atoms. The maximum atomic E-state index is 12.2. The Balaban J connectivity index is 1.93. The molecule has 17 heteroatoms. The molecule has 2 aromatic rings. The van der Waals surface area contributed by atoms with Crippen LogP contribution in [0.25, 0.3) is 0 Å². The number of carbonyl (C=O) groups is 4. The van der Waals surface area contributed by atoms with E-state index in [1.807, 2.05) is 24.0 Å². The van der Waals surface area contributed by atoms with E-state index in [2.05, 4.69) is 22.4 Å². The van der Waals surface area contributed by atoms with Crippen LogP contribution in [0.4, 0.5) is 16.4 Å². The number of thiophene rings is 1. The third-order valence-electron chi connectivity index (χ3n) is 8.34. The summed E-state index contributed by atoms with van der Waals surface area (Å²) in [6.07, 6.45) is 6.87. The molecule has 1 aromatic carbocycles. The maximum Gasteiger partial charge on any atom is 0.307 e. The number of aliphatic carboxylic acids is 2. The number of benzene rings is 1. The minimum absolute atomic E-state index is 0.0105. The Bertz CT molecular complexity index is 1790. The van der Waals surface area contributed by atoms with Gasteiger partial charge in [0.05, 0.1) is 75.6 Å². The van der Waals surface area contributed by atoms with Crippen molar-refractivity contribution < 1.29 is 53.1 Å². The molecular weight excluding hydrogens is 759 g/mol. The van der Waals surface area contributed by atoms with Crippen LogP contribution in [0.3, 0.4) is 0 Å². The van der Waals surface area contributed by atoms with Crippen LogP contribution >= 0.6 is 11.3 Å². The van der Waals surface area contributed by atoms with E-state index >= 15 is 0 Å². The Morgan fingerprint density at radius 3 is 1.74 bits per heavy atom. The summed E-state index contributed by atoms with van der Waals surface area (Å²) < 4.78 is 27.3. The van der Waals surface area contributed by atoms with Gasteiger partial charge in [0.2, 0.25) is 0 Å². The molecule has 2 N–H and O–H groups in total. The van der Waals surface area contributed by atoms with Gasteiger partial charge in [-0.05, 0) is 69.9 Å². The van der Waals surface area contributed by atoms with E-state index in [1.54, 1.807) is 51.1 Å². The second kappa shape index (κ2) is 27.2. The lowest BCUT2D eigenvalue weighted by molar-refractivity contribution is -0.152. The molecule has 0 fully saturated rings. The quantitative estimate of drug-likeness (QED) is 0.0400. The van der Waals surface area contributed by atoms with Gasteiger partial charge in [-0.3, -0.25) is 19.2 Å². The summed E-state index contributed by atoms with van der Waals surface area (Å²) in [6.45, 7) is 9.36. The number of hydrogen-bond donors (Lipinski definition) is 2. The second-order valence-electron chi connectivity index (χ2n) is 12.5. The van der Waals surface area contributed by atoms with Gasteiger partial charge in [-0.25, -0.2) is 0 Å². The summed E-state index contributed by atoms with van der Waals surface area (Å²) in [4.78, 5) is 49.4. The first-order valence-corrected chi connectivity index (χ1v) is 19.2. The van der Waals surface area contributed by atoms with Gasteiger partial charge in [0.25, 0.3) is 0 Å². The van der Waals surface area contributed by atoms with Gasteiger partial charge >= 0.3 is 23.9 Å². The number of carboxylic acids is 2. The van der Waals surface area contributed by atoms with E-state index in [-0.39, 0.29) is 71.9 Å². The largest absolute Gasteiger partial charge is 0.481 e. The molecule has 16 nitrogen and oxygen atoms in total. The molecule has 0 saturated carbocycles. The molecule has 0 amide bonds. The number of ether oxygens (including phenoxy) is 5. The van der Waals surface area contributed by atoms with Crippen molar-refractivity contribution in [2.75, 3.05) is 70.8 Å². The highest BCUT2D eigenvalue weighted by Gasteiger charge is 2.22. The molecule has 2 unspecified atom stereocenters. The predicted octanol–water partition coefficient (Wildman–Crippen LogP) is 6.58. The lowest BCUT2D eigenvalue weighted by atomic mass is 10.0. The normalized spacial score (nSPS) is 12.4. The lowest BCUT2D eigenvalue weighted by Crippen LogP contribution is -2.31. The number of hydrogen-bond acceptors (Lipinski definition) is 15. The van der Waals surface area contributed by atoms with E-state index in [9.17, 15) is 39.9 Å². The number of esters is 2. The van der Waals surface area contributed by atoms with Crippen molar-refractivity contribution in [2.24, 2.45) is 22.1 Å². The SMILES string of the molecule is C/C=C/CC(CC(=O)OCCOCCOCCN(CCOCCOC(=O)CC(C/C=C/C)C(=O)O)c1ccc(/N=N/c2sc(C#N)c(C)c2C#N)c(C)c1)C(=O)O. The zero-order valence-electron chi connectivity index (χ0n) is 32.8. The average Bonchev–Trinajstić information content (AvgIpc) is 3.50. The average molecular weight is 810 g/mol. The van der Waals surface area contributed by atoms with Crippen molar-refractivity contribution in [3.8, 4) is 12.1 Å². The number of carbonyl (C=O) groups excluding carboxylic acids is 2. The molecular formula is C40H51N5O11S. The summed E-state index contributed by atoms with van der Waals surface area (Å²) >= 11 is 1.11. The summed E-state index contributed by atoms with van der Waals surface area (Å²) in [5, 5.41) is 46.5. The van der Waals surface area contributed by atoms with Gasteiger partial charge in [0, 0.05) is 18.8 Å². The minimum atomic E-state index is -1.06. The van der Waals surface area contributed by atoms with Crippen LogP contribution in [0.1, 0.15) is 61.1 Å². The van der Waals surface area contributed by atoms with Crippen molar-refractivity contribution >= 4 is 51.6 Å². The number of rotatable bonds is 28. The molecule has 0 saturated heterocycles. The summed E-state index contributed by atoms with van der Waals surface area (Å²) in [6, 6.07) is 9.76. The van der Waals surface area contributed by atoms with E-state index in [1.165, 1.54) is 0 Å². The van der Waals surface area contributed by atoms with Gasteiger partial charge < -0.3 is 38.8 Å². The Kier molecular flexibility index (Phi) is 22.8. The molecule has 1 aromatic heterocycles. The second-order valence-corrected chi connectivity index (χ2v) is 13.5. The number of nitrogens with zero attached hydrogens (tertiary/aromatic N) is 5. The van der Waals surface area contributed by atoms with Gasteiger partial charge in [0.1, 0.15) is 30.2 Å². The van der Waals surface area contributed by atoms with Gasteiger partial charge in [-0.15, -0.1) is 21.6 Å². The summed E-state index contributed by atoms with van der Waals surface area (Å²) in [5.74, 6) is -5.04. The summed E-state index contributed by atoms with van der Waals surface area (Å²) in [5.41, 5.74) is 3.13. The van der Waals surface area contributed by atoms with Crippen LogP contribution in [0, 0.1) is 48.3 Å². The molecule has 2 rings (SSSR count). The van der Waals surface area contributed by atoms with Crippen LogP contribution in [0.2, 0.25) is 0 Å². The molecule has 0 aliphatic carbocycles. The highest BCUT2D eigenvalue weighted by molar-refractivity contribution is 7.16. The fourth-order valence-corrected chi connectivity index (χ4v) is 5.97. The summed E-state index contributed by atoms with van der Waals surface area (Å²) in [7, 11) is 0. The monoisotopic (exact) mass is 809 g/mol. The molecule has 0 aliphatic heterocycles. The smallest absolute Gasteiger partial charge is 0.307 e. The van der Waals surface area contributed by atoms with Crippen LogP contribution < -0.4 is 4.90 Å². The van der Waals surface area contributed by atoms with Crippen LogP contribution in [-0.4, -0.2) is 100 Å². The topological polar surface area (TPSA) is 230 Å². The van der Waals surface area contributed by atoms with E-state index < -0.39 is 35.7 Å². The number of carboxylic acid groups (broad SMARTS) is 2. The van der Waals surface area contributed by atoms with Crippen LogP contribution in [0.5, 0.6) is 0 Å². The molecule has 0 bridgehead atoms. The first-order chi connectivity index (χ1) is 27.4. The molecule has 2 atom stereocenters. The zero-order valence-corrected chi connectivity index (χ0v) is 33.6. The predicted molar refractivity (Wildman–Crippen MR) is 211 cm³/mol. The number of anilines is 1. The Labute approximate surface area is 336 Å². The zero-order chi connectivity index (χ0) is 42.0. The Hall–Kier alpha value is -5.46. The van der Waals surface area contributed by atoms with E-state index in [0.29, 0.717) is 46.4 Å². The molecule has 0 spiro atoms. The van der Waals surface area contributed by atoms with Gasteiger partial charge in [-0.1, -0.05) is 24.3 Å². The number of allylic oxidation sites excluding steroid dienone is 4. The van der Waals surface area contributed by atoms with Crippen molar-refractivity contribution in [2.45, 2.75) is 53.4 Å². The van der Waals surface area contributed by atoms with E-state index in [0.717, 1.165) is 22.6 Å². The van der Waals surface area contributed by atoms with Crippen LogP contribution in [0.15, 0.2) is 52.7 Å². The van der Waals surface area contributed by atoms with Crippen molar-refractivity contribution in [3.63, 3.8) is 0 Å². The van der Waals surface area contributed by atoms with Crippen LogP contribution in [-0.2, 0) is 42.9 Å². The van der Waals surface area contributed by atoms with Crippen molar-refractivity contribution in [1.29, 1.82) is 10.5 Å². The van der Waals surface area contributed by atoms with E-state index in [4.69, 9.17) is 23.7 Å². The number of nitriles is 2. The number of azo groups is 1. The first kappa shape index (κ1) is 47.7. The minimum Gasteiger partial charge on any atom is -0.481 e. The lowest BCUT2D eigenvalue weighted by Gasteiger charge is -2.25. The Morgan fingerprint density at radius 1 is 0.772 bits per heavy atom. The highest BCUT2D eigenvalue weighted by Crippen LogP contribution is 2.36. The standard InChI is InChI=1S/C40H51N5O11S/c1-5-7-9-30(39(48)49)24-36(46)55-21-19-53-16-14-45(13-15-52-17-18-54-20-22-56-37(47)25-31(40(50)51)10-8-6-2)32-11-12-34(28(3)23-32)43-44-38-33(26-41)29(4)35(27-42)57-38/h5-8,11-12,23,30-31H,9-10,13-22,24-25H2,1-4H3,(H,48,49)(H,50,51)/b7-5+,8-6+,44-43+. The molecule has 308 valence electrons. The molecule has 1 heterocycles. The maximum absolute atomic E-state index is 12.2. The molecule has 0 radical (unpaired) electrons. The third kappa shape index (κ3) is 17.9. The number of aryl methyl sites for hydroxylation is 1. The fourth-order valence-electron chi connectivity index (χ4n) is 5.09. The van der Waals surface area contributed by atoms with Crippen molar-refractivity contribution in [3.05, 3.63) is 64.1 Å². The van der Waals surface area contributed by atoms with Crippen molar-refractivity contribution in [1.82, 2.24) is 0 Å². The fraction of sp³-hybridized carbons (Fsp3) is 0.500. The highest BCUT2D eigenvalue weighted by atomic mass is 32.1. The first-order valence-electron chi connectivity index (χ1n) is 18.4. The van der Waals surface area contributed by atoms with Gasteiger partial charge in [-0.2, -0.15) is 10.5 Å². The van der Waals surface area contributed by atoms with Gasteiger partial charge in [0.15, 0.2) is 5.00 Å². The molecule has 0 aliphatic rings. The third-order valence-corrected chi connectivity index (χ3v) is 9.42. The Morgan fingerprint density at radius 2 is 1.28 bits per heavy atom.